The van der Waals surface area contributed by atoms with Gasteiger partial charge in [-0.2, -0.15) is 0 Å². The van der Waals surface area contributed by atoms with Gasteiger partial charge in [0.15, 0.2) is 0 Å². The molecule has 10 heavy (non-hydrogen) atoms. The summed E-state index contributed by atoms with van der Waals surface area (Å²) in [6.07, 6.45) is 4.68. The predicted molar refractivity (Wildman–Crippen MR) is 39.9 cm³/mol. The second kappa shape index (κ2) is 15.8. The van der Waals surface area contributed by atoms with Gasteiger partial charge < -0.3 is 10.2 Å². The molecular formula is C7H16O3. The lowest BCUT2D eigenvalue weighted by atomic mass is 10.2. The Bertz CT molecular complexity index is 50.8. The van der Waals surface area contributed by atoms with Crippen LogP contribution in [0.4, 0.5) is 0 Å². The third-order valence-corrected chi connectivity index (χ3v) is 1.01. The first kappa shape index (κ1) is 12.1. The average molecular weight is 148 g/mol. The fourth-order valence-corrected chi connectivity index (χ4v) is 0.539. The molecule has 2 N–H and O–H groups in total. The van der Waals surface area contributed by atoms with Crippen molar-refractivity contribution in [1.82, 2.24) is 0 Å². The number of aliphatic hydroxyl groups excluding tert-OH is 1. The summed E-state index contributed by atoms with van der Waals surface area (Å²) < 4.78 is 0. The molecule has 0 amide bonds. The van der Waals surface area contributed by atoms with E-state index in [4.69, 9.17) is 15.0 Å². The summed E-state index contributed by atoms with van der Waals surface area (Å²) in [5.41, 5.74) is 0. The molecule has 0 aromatic carbocycles. The Morgan fingerprint density at radius 3 is 2.10 bits per heavy atom. The van der Waals surface area contributed by atoms with Gasteiger partial charge in [0.05, 0.1) is 0 Å². The van der Waals surface area contributed by atoms with Crippen LogP contribution in [-0.2, 0) is 4.79 Å². The number of unbranched alkanes of at least 4 members (excludes halogenated alkanes) is 3. The van der Waals surface area contributed by atoms with Crippen molar-refractivity contribution < 1.29 is 15.0 Å². The Morgan fingerprint density at radius 2 is 1.80 bits per heavy atom. The summed E-state index contributed by atoms with van der Waals surface area (Å²) in [7, 11) is 0. The lowest BCUT2D eigenvalue weighted by Gasteiger charge is -1.90. The molecule has 0 rings (SSSR count). The van der Waals surface area contributed by atoms with E-state index in [0.29, 0.717) is 6.61 Å². The molecule has 0 aliphatic carbocycles. The lowest BCUT2D eigenvalue weighted by molar-refractivity contribution is -0.122. The van der Waals surface area contributed by atoms with Crippen molar-refractivity contribution in [3.8, 4) is 0 Å². The first-order valence-corrected chi connectivity index (χ1v) is 3.52. The molecule has 0 fully saturated rings. The van der Waals surface area contributed by atoms with Crippen molar-refractivity contribution in [3.05, 3.63) is 0 Å². The quantitative estimate of drug-likeness (QED) is 0.466. The van der Waals surface area contributed by atoms with Gasteiger partial charge in [-0.15, -0.1) is 0 Å². The van der Waals surface area contributed by atoms with Crippen molar-refractivity contribution in [3.63, 3.8) is 0 Å². The highest BCUT2D eigenvalue weighted by Crippen LogP contribution is 1.95. The molecule has 3 nitrogen and oxygen atoms in total. The molecule has 0 aliphatic heterocycles. The number of carbonyl (C=O) groups is 1. The van der Waals surface area contributed by atoms with E-state index in [1.807, 2.05) is 0 Å². The molecule has 0 saturated heterocycles. The van der Waals surface area contributed by atoms with E-state index in [-0.39, 0.29) is 6.47 Å². The topological polar surface area (TPSA) is 57.5 Å². The Kier molecular flexibility index (Phi) is 19.2. The maximum absolute atomic E-state index is 8.36. The van der Waals surface area contributed by atoms with Crippen LogP contribution < -0.4 is 0 Å². The number of hydrogen-bond acceptors (Lipinski definition) is 2. The second-order valence-corrected chi connectivity index (χ2v) is 1.89. The molecular weight excluding hydrogens is 132 g/mol. The van der Waals surface area contributed by atoms with E-state index in [1.165, 1.54) is 19.3 Å². The van der Waals surface area contributed by atoms with E-state index >= 15 is 0 Å². The van der Waals surface area contributed by atoms with E-state index in [9.17, 15) is 0 Å². The number of aliphatic hydroxyl groups is 1. The molecule has 62 valence electrons. The van der Waals surface area contributed by atoms with E-state index in [2.05, 4.69) is 6.92 Å². The van der Waals surface area contributed by atoms with Crippen molar-refractivity contribution in [2.75, 3.05) is 6.61 Å². The normalized spacial score (nSPS) is 7.80. The molecule has 0 heterocycles. The number of carboxylic acid groups (broad SMARTS) is 1. The SMILES string of the molecule is CCCCCCO.O=CO. The second-order valence-electron chi connectivity index (χ2n) is 1.89. The highest BCUT2D eigenvalue weighted by molar-refractivity contribution is 5.32. The van der Waals surface area contributed by atoms with Gasteiger partial charge in [-0.3, -0.25) is 4.79 Å². The van der Waals surface area contributed by atoms with Gasteiger partial charge >= 0.3 is 0 Å². The molecule has 0 aromatic heterocycles. The number of hydrogen-bond donors (Lipinski definition) is 2. The molecule has 0 bridgehead atoms. The Hall–Kier alpha value is -0.570. The zero-order valence-electron chi connectivity index (χ0n) is 6.42. The van der Waals surface area contributed by atoms with Crippen LogP contribution in [0.1, 0.15) is 32.6 Å². The first-order valence-electron chi connectivity index (χ1n) is 3.52. The van der Waals surface area contributed by atoms with Crippen molar-refractivity contribution in [1.29, 1.82) is 0 Å². The summed E-state index contributed by atoms with van der Waals surface area (Å²) in [4.78, 5) is 8.36. The number of rotatable bonds is 4. The third kappa shape index (κ3) is 26.1. The van der Waals surface area contributed by atoms with Crippen LogP contribution in [0, 0.1) is 0 Å². The summed E-state index contributed by atoms with van der Waals surface area (Å²) in [5.74, 6) is 0. The minimum absolute atomic E-state index is 0.250. The standard InChI is InChI=1S/C6H14O.CH2O2/c1-2-3-4-5-6-7;2-1-3/h7H,2-6H2,1H3;1H,(H,2,3). The van der Waals surface area contributed by atoms with Crippen LogP contribution in [0.15, 0.2) is 0 Å². The van der Waals surface area contributed by atoms with Crippen LogP contribution >= 0.6 is 0 Å². The molecule has 0 saturated carbocycles. The highest BCUT2D eigenvalue weighted by atomic mass is 16.3. The zero-order valence-corrected chi connectivity index (χ0v) is 6.42. The molecule has 0 aromatic rings. The van der Waals surface area contributed by atoms with Crippen molar-refractivity contribution >= 4 is 6.47 Å². The van der Waals surface area contributed by atoms with E-state index in [1.54, 1.807) is 0 Å². The first-order chi connectivity index (χ1) is 4.83. The average Bonchev–Trinajstić information content (AvgIpc) is 1.91. The highest BCUT2D eigenvalue weighted by Gasteiger charge is 1.80. The van der Waals surface area contributed by atoms with Gasteiger partial charge in [-0.1, -0.05) is 26.2 Å². The van der Waals surface area contributed by atoms with Crippen LogP contribution in [0.5, 0.6) is 0 Å². The molecule has 0 atom stereocenters. The fraction of sp³-hybridized carbons (Fsp3) is 0.857. The molecule has 3 heteroatoms. The molecule has 0 radical (unpaired) electrons. The Labute approximate surface area is 61.7 Å². The fourth-order valence-electron chi connectivity index (χ4n) is 0.539. The van der Waals surface area contributed by atoms with Gasteiger partial charge in [0, 0.05) is 6.61 Å². The molecule has 0 unspecified atom stereocenters. The minimum Gasteiger partial charge on any atom is -0.483 e. The summed E-state index contributed by atoms with van der Waals surface area (Å²) >= 11 is 0. The third-order valence-electron chi connectivity index (χ3n) is 1.01. The van der Waals surface area contributed by atoms with Crippen LogP contribution in [0.3, 0.4) is 0 Å². The van der Waals surface area contributed by atoms with Crippen molar-refractivity contribution in [2.24, 2.45) is 0 Å². The van der Waals surface area contributed by atoms with Crippen molar-refractivity contribution in [2.45, 2.75) is 32.6 Å². The summed E-state index contributed by atoms with van der Waals surface area (Å²) in [6.45, 7) is 2.28. The van der Waals surface area contributed by atoms with E-state index < -0.39 is 0 Å². The Morgan fingerprint density at radius 1 is 1.30 bits per heavy atom. The van der Waals surface area contributed by atoms with Crippen LogP contribution in [-0.4, -0.2) is 23.3 Å². The molecule has 0 aliphatic rings. The van der Waals surface area contributed by atoms with Gasteiger partial charge in [-0.25, -0.2) is 0 Å². The maximum atomic E-state index is 8.36. The Balaban J connectivity index is 0. The monoisotopic (exact) mass is 148 g/mol. The maximum Gasteiger partial charge on any atom is 0.290 e. The van der Waals surface area contributed by atoms with Gasteiger partial charge in [-0.05, 0) is 6.42 Å². The van der Waals surface area contributed by atoms with Crippen LogP contribution in [0.25, 0.3) is 0 Å². The van der Waals surface area contributed by atoms with Gasteiger partial charge in [0.25, 0.3) is 6.47 Å². The smallest absolute Gasteiger partial charge is 0.290 e. The zero-order chi connectivity index (χ0) is 8.24. The summed E-state index contributed by atoms with van der Waals surface area (Å²) in [6, 6.07) is 0. The van der Waals surface area contributed by atoms with Gasteiger partial charge in [0.1, 0.15) is 0 Å². The minimum atomic E-state index is -0.250. The largest absolute Gasteiger partial charge is 0.483 e. The lowest BCUT2D eigenvalue weighted by Crippen LogP contribution is -1.80. The summed E-state index contributed by atoms with van der Waals surface area (Å²) in [5, 5.41) is 15.2. The van der Waals surface area contributed by atoms with Gasteiger partial charge in [0.2, 0.25) is 0 Å². The van der Waals surface area contributed by atoms with E-state index in [0.717, 1.165) is 6.42 Å². The predicted octanol–water partition coefficient (Wildman–Crippen LogP) is 1.26. The molecule has 0 spiro atoms. The van der Waals surface area contributed by atoms with Crippen LogP contribution in [0.2, 0.25) is 0 Å².